The number of piperazine rings is 1. The van der Waals surface area contributed by atoms with Crippen LogP contribution >= 0.6 is 0 Å². The van der Waals surface area contributed by atoms with Crippen molar-refractivity contribution in [1.29, 1.82) is 0 Å². The van der Waals surface area contributed by atoms with E-state index in [4.69, 9.17) is 9.15 Å². The number of urea groups is 1. The number of para-hydroxylation sites is 2. The van der Waals surface area contributed by atoms with Gasteiger partial charge in [0.15, 0.2) is 0 Å². The van der Waals surface area contributed by atoms with Gasteiger partial charge in [0.1, 0.15) is 11.5 Å². The molecule has 2 N–H and O–H groups in total. The molecule has 1 aliphatic rings. The fourth-order valence-electron chi connectivity index (χ4n) is 3.87. The van der Waals surface area contributed by atoms with E-state index in [1.54, 1.807) is 31.2 Å². The Hall–Kier alpha value is -3.85. The van der Waals surface area contributed by atoms with Crippen molar-refractivity contribution in [3.63, 3.8) is 0 Å². The molecule has 0 aliphatic carbocycles. The molecule has 0 atom stereocenters. The van der Waals surface area contributed by atoms with Crippen LogP contribution in [0, 0.1) is 6.92 Å². The summed E-state index contributed by atoms with van der Waals surface area (Å²) in [6, 6.07) is 14.4. The van der Waals surface area contributed by atoms with E-state index >= 15 is 0 Å². The third-order valence-electron chi connectivity index (χ3n) is 5.90. The van der Waals surface area contributed by atoms with Gasteiger partial charge in [0.05, 0.1) is 18.5 Å². The highest BCUT2D eigenvalue weighted by Crippen LogP contribution is 2.25. The first-order valence-corrected chi connectivity index (χ1v) is 11.2. The third-order valence-corrected chi connectivity index (χ3v) is 5.90. The van der Waals surface area contributed by atoms with E-state index in [1.807, 2.05) is 43.3 Å². The molecule has 0 spiro atoms. The highest BCUT2D eigenvalue weighted by molar-refractivity contribution is 5.94. The SMILES string of the molecule is CNC(=O)c1ccc(-c2nc(CN3CCN(C(=O)Nc4ccccc4OC)CC3)c(C)o2)cc1. The van der Waals surface area contributed by atoms with Crippen LogP contribution in [-0.2, 0) is 6.54 Å². The molecule has 4 rings (SSSR count). The average Bonchev–Trinajstić information content (AvgIpc) is 3.24. The number of carbonyl (C=O) groups excluding carboxylic acids is 2. The molecule has 9 heteroatoms. The summed E-state index contributed by atoms with van der Waals surface area (Å²) in [4.78, 5) is 33.2. The summed E-state index contributed by atoms with van der Waals surface area (Å²) in [6.45, 7) is 5.26. The molecular formula is C25H29N5O4. The predicted octanol–water partition coefficient (Wildman–Crippen LogP) is 3.37. The number of benzene rings is 2. The Morgan fingerprint density at radius 1 is 1.06 bits per heavy atom. The summed E-state index contributed by atoms with van der Waals surface area (Å²) in [5.74, 6) is 1.80. The Bertz CT molecular complexity index is 1150. The zero-order chi connectivity index (χ0) is 24.1. The lowest BCUT2D eigenvalue weighted by atomic mass is 10.1. The van der Waals surface area contributed by atoms with Gasteiger partial charge < -0.3 is 24.7 Å². The van der Waals surface area contributed by atoms with Crippen LogP contribution in [-0.4, -0.2) is 67.1 Å². The standard InChI is InChI=1S/C25H29N5O4/c1-17-21(27-24(34-17)19-10-8-18(9-11-19)23(31)26-2)16-29-12-14-30(15-13-29)25(32)28-20-6-4-5-7-22(20)33-3/h4-11H,12-16H2,1-3H3,(H,26,31)(H,28,32). The molecule has 1 aliphatic heterocycles. The fraction of sp³-hybridized carbons (Fsp3) is 0.320. The molecule has 0 bridgehead atoms. The van der Waals surface area contributed by atoms with Gasteiger partial charge in [0.25, 0.3) is 5.91 Å². The van der Waals surface area contributed by atoms with E-state index < -0.39 is 0 Å². The average molecular weight is 464 g/mol. The number of anilines is 1. The predicted molar refractivity (Wildman–Crippen MR) is 129 cm³/mol. The number of methoxy groups -OCH3 is 1. The number of nitrogens with one attached hydrogen (secondary N) is 2. The van der Waals surface area contributed by atoms with E-state index in [2.05, 4.69) is 20.5 Å². The lowest BCUT2D eigenvalue weighted by Gasteiger charge is -2.34. The number of aryl methyl sites for hydroxylation is 1. The topological polar surface area (TPSA) is 99.9 Å². The highest BCUT2D eigenvalue weighted by atomic mass is 16.5. The maximum Gasteiger partial charge on any atom is 0.322 e. The second-order valence-electron chi connectivity index (χ2n) is 8.07. The minimum atomic E-state index is -0.135. The quantitative estimate of drug-likeness (QED) is 0.582. The third kappa shape index (κ3) is 5.20. The van der Waals surface area contributed by atoms with E-state index in [1.165, 1.54) is 0 Å². The first kappa shape index (κ1) is 23.3. The largest absolute Gasteiger partial charge is 0.495 e. The van der Waals surface area contributed by atoms with Crippen molar-refractivity contribution in [2.75, 3.05) is 45.7 Å². The lowest BCUT2D eigenvalue weighted by molar-refractivity contribution is 0.0963. The van der Waals surface area contributed by atoms with Crippen molar-refractivity contribution in [3.05, 3.63) is 65.5 Å². The summed E-state index contributed by atoms with van der Waals surface area (Å²) in [5, 5.41) is 5.54. The normalized spacial score (nSPS) is 14.0. The minimum Gasteiger partial charge on any atom is -0.495 e. The molecule has 0 saturated carbocycles. The first-order valence-electron chi connectivity index (χ1n) is 11.2. The molecule has 178 valence electrons. The van der Waals surface area contributed by atoms with Gasteiger partial charge in [-0.3, -0.25) is 9.69 Å². The van der Waals surface area contributed by atoms with Crippen LogP contribution in [0.15, 0.2) is 52.9 Å². The summed E-state index contributed by atoms with van der Waals surface area (Å²) < 4.78 is 11.2. The van der Waals surface area contributed by atoms with Crippen LogP contribution < -0.4 is 15.4 Å². The fourth-order valence-corrected chi connectivity index (χ4v) is 3.87. The summed E-state index contributed by atoms with van der Waals surface area (Å²) in [7, 11) is 3.19. The smallest absolute Gasteiger partial charge is 0.322 e. The van der Waals surface area contributed by atoms with Crippen molar-refractivity contribution in [1.82, 2.24) is 20.1 Å². The van der Waals surface area contributed by atoms with Crippen molar-refractivity contribution in [3.8, 4) is 17.2 Å². The van der Waals surface area contributed by atoms with Crippen molar-refractivity contribution < 1.29 is 18.7 Å². The monoisotopic (exact) mass is 463 g/mol. The molecule has 3 amide bonds. The number of hydrogen-bond acceptors (Lipinski definition) is 6. The van der Waals surface area contributed by atoms with Crippen molar-refractivity contribution in [2.45, 2.75) is 13.5 Å². The molecule has 1 aromatic heterocycles. The molecule has 1 saturated heterocycles. The van der Waals surface area contributed by atoms with E-state index in [0.29, 0.717) is 42.5 Å². The zero-order valence-electron chi connectivity index (χ0n) is 19.6. The summed E-state index contributed by atoms with van der Waals surface area (Å²) >= 11 is 0. The molecule has 1 fully saturated rings. The van der Waals surface area contributed by atoms with Crippen LogP contribution in [0.25, 0.3) is 11.5 Å². The molecule has 9 nitrogen and oxygen atoms in total. The zero-order valence-corrected chi connectivity index (χ0v) is 19.6. The molecule has 2 aromatic carbocycles. The second kappa shape index (κ2) is 10.4. The van der Waals surface area contributed by atoms with Crippen molar-refractivity contribution >= 4 is 17.6 Å². The van der Waals surface area contributed by atoms with Gasteiger partial charge in [0, 0.05) is 50.9 Å². The first-order chi connectivity index (χ1) is 16.5. The van der Waals surface area contributed by atoms with Crippen molar-refractivity contribution in [2.24, 2.45) is 0 Å². The van der Waals surface area contributed by atoms with Crippen LogP contribution in [0.3, 0.4) is 0 Å². The Morgan fingerprint density at radius 2 is 1.76 bits per heavy atom. The molecule has 34 heavy (non-hydrogen) atoms. The number of ether oxygens (including phenoxy) is 1. The molecule has 3 aromatic rings. The van der Waals surface area contributed by atoms with E-state index in [-0.39, 0.29) is 11.9 Å². The van der Waals surface area contributed by atoms with Gasteiger partial charge >= 0.3 is 6.03 Å². The number of carbonyl (C=O) groups is 2. The summed E-state index contributed by atoms with van der Waals surface area (Å²) in [5.41, 5.74) is 2.94. The van der Waals surface area contributed by atoms with Crippen LogP contribution in [0.1, 0.15) is 21.8 Å². The second-order valence-corrected chi connectivity index (χ2v) is 8.07. The summed E-state index contributed by atoms with van der Waals surface area (Å²) in [6.07, 6.45) is 0. The maximum absolute atomic E-state index is 12.7. The van der Waals surface area contributed by atoms with Crippen LogP contribution in [0.4, 0.5) is 10.5 Å². The van der Waals surface area contributed by atoms with E-state index in [0.717, 1.165) is 30.1 Å². The molecule has 0 radical (unpaired) electrons. The maximum atomic E-state index is 12.7. The van der Waals surface area contributed by atoms with Crippen LogP contribution in [0.2, 0.25) is 0 Å². The van der Waals surface area contributed by atoms with Gasteiger partial charge in [-0.15, -0.1) is 0 Å². The molecule has 2 heterocycles. The molecule has 0 unspecified atom stereocenters. The number of nitrogens with zero attached hydrogens (tertiary/aromatic N) is 3. The Kier molecular flexibility index (Phi) is 7.12. The Labute approximate surface area is 198 Å². The number of hydrogen-bond donors (Lipinski definition) is 2. The van der Waals surface area contributed by atoms with Gasteiger partial charge in [-0.05, 0) is 43.3 Å². The van der Waals surface area contributed by atoms with Gasteiger partial charge in [-0.1, -0.05) is 12.1 Å². The van der Waals surface area contributed by atoms with E-state index in [9.17, 15) is 9.59 Å². The number of amides is 3. The Balaban J connectivity index is 1.33. The lowest BCUT2D eigenvalue weighted by Crippen LogP contribution is -2.49. The number of oxazole rings is 1. The van der Waals surface area contributed by atoms with Gasteiger partial charge in [0.2, 0.25) is 5.89 Å². The number of aromatic nitrogens is 1. The highest BCUT2D eigenvalue weighted by Gasteiger charge is 2.23. The van der Waals surface area contributed by atoms with Gasteiger partial charge in [-0.25, -0.2) is 9.78 Å². The molecular weight excluding hydrogens is 434 g/mol. The minimum absolute atomic E-state index is 0.133. The van der Waals surface area contributed by atoms with Gasteiger partial charge in [-0.2, -0.15) is 0 Å². The van der Waals surface area contributed by atoms with Crippen LogP contribution in [0.5, 0.6) is 5.75 Å². The Morgan fingerprint density at radius 3 is 2.44 bits per heavy atom. The number of rotatable bonds is 6.